The Hall–Kier alpha value is -1.78. The topological polar surface area (TPSA) is 59.5 Å². The van der Waals surface area contributed by atoms with Crippen LogP contribution in [0.15, 0.2) is 47.1 Å². The number of nitrogens with two attached hydrogens (primary N) is 1. The maximum absolute atomic E-state index is 12.5. The van der Waals surface area contributed by atoms with E-state index in [2.05, 4.69) is 31.2 Å². The Morgan fingerprint density at radius 1 is 1.35 bits per heavy atom. The number of nitrogens with zero attached hydrogens (tertiary/aromatic N) is 1. The summed E-state index contributed by atoms with van der Waals surface area (Å²) in [6.45, 7) is 4.10. The molecule has 2 atom stereocenters. The van der Waals surface area contributed by atoms with E-state index in [1.54, 1.807) is 6.07 Å². The monoisotopic (exact) mass is 334 g/mol. The number of furan rings is 1. The maximum atomic E-state index is 12.5. The van der Waals surface area contributed by atoms with Gasteiger partial charge in [-0.2, -0.15) is 0 Å². The van der Waals surface area contributed by atoms with Crippen molar-refractivity contribution in [3.63, 3.8) is 0 Å². The van der Waals surface area contributed by atoms with Crippen molar-refractivity contribution < 1.29 is 9.21 Å². The summed E-state index contributed by atoms with van der Waals surface area (Å²) < 4.78 is 5.27. The van der Waals surface area contributed by atoms with E-state index in [1.807, 2.05) is 11.0 Å². The Morgan fingerprint density at radius 3 is 2.70 bits per heavy atom. The molecule has 1 aliphatic heterocycles. The van der Waals surface area contributed by atoms with Crippen LogP contribution >= 0.6 is 12.4 Å². The lowest BCUT2D eigenvalue weighted by atomic mass is 9.81. The molecule has 2 N–H and O–H groups in total. The van der Waals surface area contributed by atoms with Gasteiger partial charge in [-0.1, -0.05) is 37.3 Å². The normalized spacial score (nSPS) is 20.9. The molecule has 0 spiro atoms. The number of amides is 1. The third-order valence-corrected chi connectivity index (χ3v) is 4.52. The van der Waals surface area contributed by atoms with E-state index >= 15 is 0 Å². The first kappa shape index (κ1) is 17.6. The van der Waals surface area contributed by atoms with E-state index in [9.17, 15) is 4.79 Å². The van der Waals surface area contributed by atoms with Crippen molar-refractivity contribution in [1.29, 1.82) is 0 Å². The van der Waals surface area contributed by atoms with Crippen LogP contribution in [0, 0.1) is 5.92 Å². The zero-order valence-electron chi connectivity index (χ0n) is 13.3. The maximum Gasteiger partial charge on any atom is 0.257 e. The minimum Gasteiger partial charge on any atom is -0.467 e. The summed E-state index contributed by atoms with van der Waals surface area (Å²) in [7, 11) is 0. The van der Waals surface area contributed by atoms with E-state index in [-0.39, 0.29) is 18.3 Å². The van der Waals surface area contributed by atoms with Crippen LogP contribution in [0.5, 0.6) is 0 Å². The number of benzene rings is 1. The minimum atomic E-state index is 0. The summed E-state index contributed by atoms with van der Waals surface area (Å²) in [5.41, 5.74) is 7.50. The summed E-state index contributed by atoms with van der Waals surface area (Å²) >= 11 is 0. The standard InChI is InChI=1S/C18H22N2O2.ClH/c1-13-11-20(18(21)15-9-16(10-19)22-12-15)8-7-17(13)14-5-3-2-4-6-14;/h2-6,9,12-13,17H,7-8,10-11,19H2,1H3;1H. The summed E-state index contributed by atoms with van der Waals surface area (Å²) in [5, 5.41) is 0. The van der Waals surface area contributed by atoms with Crippen molar-refractivity contribution in [2.24, 2.45) is 11.7 Å². The molecule has 4 nitrogen and oxygen atoms in total. The van der Waals surface area contributed by atoms with Gasteiger partial charge in [0.25, 0.3) is 5.91 Å². The highest BCUT2D eigenvalue weighted by Crippen LogP contribution is 2.33. The molecule has 23 heavy (non-hydrogen) atoms. The number of piperidine rings is 1. The van der Waals surface area contributed by atoms with Gasteiger partial charge >= 0.3 is 0 Å². The molecule has 1 fully saturated rings. The molecule has 0 radical (unpaired) electrons. The zero-order chi connectivity index (χ0) is 15.5. The van der Waals surface area contributed by atoms with Gasteiger partial charge in [-0.3, -0.25) is 4.79 Å². The SMILES string of the molecule is CC1CN(C(=O)c2coc(CN)c2)CCC1c1ccccc1.Cl. The number of hydrogen-bond donors (Lipinski definition) is 1. The first-order valence-electron chi connectivity index (χ1n) is 7.80. The Morgan fingerprint density at radius 2 is 2.09 bits per heavy atom. The molecule has 0 saturated carbocycles. The second-order valence-corrected chi connectivity index (χ2v) is 6.04. The predicted molar refractivity (Wildman–Crippen MR) is 92.7 cm³/mol. The quantitative estimate of drug-likeness (QED) is 0.935. The molecule has 2 unspecified atom stereocenters. The minimum absolute atomic E-state index is 0. The van der Waals surface area contributed by atoms with Crippen molar-refractivity contribution in [3.8, 4) is 0 Å². The highest BCUT2D eigenvalue weighted by molar-refractivity contribution is 5.94. The highest BCUT2D eigenvalue weighted by Gasteiger charge is 2.30. The largest absolute Gasteiger partial charge is 0.467 e. The lowest BCUT2D eigenvalue weighted by Crippen LogP contribution is -2.42. The average molecular weight is 335 g/mol. The van der Waals surface area contributed by atoms with Crippen LogP contribution in [0.3, 0.4) is 0 Å². The fourth-order valence-electron chi connectivity index (χ4n) is 3.31. The third-order valence-electron chi connectivity index (χ3n) is 4.52. The Balaban J connectivity index is 0.00000192. The molecule has 1 aromatic heterocycles. The number of halogens is 1. The van der Waals surface area contributed by atoms with Gasteiger partial charge in [0.15, 0.2) is 0 Å². The van der Waals surface area contributed by atoms with E-state index in [1.165, 1.54) is 11.8 Å². The van der Waals surface area contributed by atoms with Crippen LogP contribution < -0.4 is 5.73 Å². The molecule has 0 bridgehead atoms. The molecule has 1 aromatic carbocycles. The van der Waals surface area contributed by atoms with Gasteiger partial charge in [-0.15, -0.1) is 12.4 Å². The number of carbonyl (C=O) groups is 1. The van der Waals surface area contributed by atoms with Gasteiger partial charge < -0.3 is 15.1 Å². The summed E-state index contributed by atoms with van der Waals surface area (Å²) in [6.07, 6.45) is 2.51. The number of carbonyl (C=O) groups excluding carboxylic acids is 1. The van der Waals surface area contributed by atoms with Crippen molar-refractivity contribution in [2.75, 3.05) is 13.1 Å². The van der Waals surface area contributed by atoms with Crippen LogP contribution in [-0.2, 0) is 6.54 Å². The first-order valence-corrected chi connectivity index (χ1v) is 7.80. The van der Waals surface area contributed by atoms with Crippen molar-refractivity contribution >= 4 is 18.3 Å². The Labute approximate surface area is 143 Å². The summed E-state index contributed by atoms with van der Waals surface area (Å²) in [6, 6.07) is 12.3. The van der Waals surface area contributed by atoms with E-state index in [0.717, 1.165) is 19.5 Å². The van der Waals surface area contributed by atoms with Crippen molar-refractivity contribution in [3.05, 3.63) is 59.5 Å². The van der Waals surface area contributed by atoms with E-state index < -0.39 is 0 Å². The van der Waals surface area contributed by atoms with Gasteiger partial charge in [-0.25, -0.2) is 0 Å². The van der Waals surface area contributed by atoms with Gasteiger partial charge in [0.05, 0.1) is 12.1 Å². The summed E-state index contributed by atoms with van der Waals surface area (Å²) in [5.74, 6) is 1.66. The van der Waals surface area contributed by atoms with E-state index in [4.69, 9.17) is 10.2 Å². The summed E-state index contributed by atoms with van der Waals surface area (Å²) in [4.78, 5) is 14.5. The molecular formula is C18H23ClN2O2. The van der Waals surface area contributed by atoms with Crippen LogP contribution in [0.4, 0.5) is 0 Å². The highest BCUT2D eigenvalue weighted by atomic mass is 35.5. The van der Waals surface area contributed by atoms with Gasteiger partial charge in [0.1, 0.15) is 12.0 Å². The molecule has 3 rings (SSSR count). The van der Waals surface area contributed by atoms with Crippen LogP contribution in [0.2, 0.25) is 0 Å². The zero-order valence-corrected chi connectivity index (χ0v) is 14.1. The van der Waals surface area contributed by atoms with E-state index in [0.29, 0.717) is 29.7 Å². The second-order valence-electron chi connectivity index (χ2n) is 6.04. The van der Waals surface area contributed by atoms with Crippen LogP contribution in [-0.4, -0.2) is 23.9 Å². The van der Waals surface area contributed by atoms with Crippen molar-refractivity contribution in [1.82, 2.24) is 4.90 Å². The van der Waals surface area contributed by atoms with Crippen LogP contribution in [0.25, 0.3) is 0 Å². The van der Waals surface area contributed by atoms with Gasteiger partial charge in [0.2, 0.25) is 0 Å². The molecule has 5 heteroatoms. The lowest BCUT2D eigenvalue weighted by Gasteiger charge is -2.37. The number of hydrogen-bond acceptors (Lipinski definition) is 3. The molecule has 2 aromatic rings. The molecular weight excluding hydrogens is 312 g/mol. The fourth-order valence-corrected chi connectivity index (χ4v) is 3.31. The smallest absolute Gasteiger partial charge is 0.257 e. The molecule has 1 aliphatic rings. The molecule has 124 valence electrons. The molecule has 0 aliphatic carbocycles. The predicted octanol–water partition coefficient (Wildman–Crippen LogP) is 3.43. The molecule has 1 amide bonds. The average Bonchev–Trinajstić information content (AvgIpc) is 3.04. The third kappa shape index (κ3) is 3.77. The fraction of sp³-hybridized carbons (Fsp3) is 0.389. The van der Waals surface area contributed by atoms with Crippen LogP contribution in [0.1, 0.15) is 40.9 Å². The van der Waals surface area contributed by atoms with Crippen molar-refractivity contribution in [2.45, 2.75) is 25.8 Å². The molecule has 1 saturated heterocycles. The number of rotatable bonds is 3. The molecule has 2 heterocycles. The second kappa shape index (κ2) is 7.66. The van der Waals surface area contributed by atoms with Gasteiger partial charge in [-0.05, 0) is 29.9 Å². The van der Waals surface area contributed by atoms with Gasteiger partial charge in [0, 0.05) is 13.1 Å². The lowest BCUT2D eigenvalue weighted by molar-refractivity contribution is 0.0660. The Bertz CT molecular complexity index is 641. The first-order chi connectivity index (χ1) is 10.7. The Kier molecular flexibility index (Phi) is 5.85. The number of likely N-dealkylation sites (tertiary alicyclic amines) is 1.